The number of nitrogens with two attached hydrogens (primary N) is 1. The van der Waals surface area contributed by atoms with Crippen molar-refractivity contribution in [1.82, 2.24) is 14.0 Å². The highest BCUT2D eigenvalue weighted by atomic mass is 19.1. The van der Waals surface area contributed by atoms with Gasteiger partial charge in [-0.3, -0.25) is 23.6 Å². The van der Waals surface area contributed by atoms with E-state index in [0.717, 1.165) is 10.1 Å². The van der Waals surface area contributed by atoms with Crippen molar-refractivity contribution in [2.24, 2.45) is 7.05 Å². The Hall–Kier alpha value is -3.72. The molecule has 0 unspecified atom stereocenters. The van der Waals surface area contributed by atoms with Gasteiger partial charge in [-0.25, -0.2) is 9.18 Å². The van der Waals surface area contributed by atoms with Crippen LogP contribution < -0.4 is 21.7 Å². The lowest BCUT2D eigenvalue weighted by molar-refractivity contribution is 0.0927. The van der Waals surface area contributed by atoms with Gasteiger partial charge in [0.2, 0.25) is 0 Å². The van der Waals surface area contributed by atoms with Crippen molar-refractivity contribution in [1.29, 1.82) is 0 Å². The molecular weight excluding hydrogens is 427 g/mol. The summed E-state index contributed by atoms with van der Waals surface area (Å²) in [6.07, 6.45) is 0. The lowest BCUT2D eigenvalue weighted by Crippen LogP contribution is -2.44. The van der Waals surface area contributed by atoms with E-state index in [1.165, 1.54) is 30.9 Å². The summed E-state index contributed by atoms with van der Waals surface area (Å²) in [6, 6.07) is 13.7. The molecule has 0 bridgehead atoms. The molecule has 0 aliphatic heterocycles. The highest BCUT2D eigenvalue weighted by molar-refractivity contribution is 6.01. The van der Waals surface area contributed by atoms with E-state index in [2.05, 4.69) is 0 Å². The van der Waals surface area contributed by atoms with Gasteiger partial charge in [0.25, 0.3) is 5.56 Å². The SMILES string of the molecule is CCN(CC(=O)c1c(N)n(Cc2ccccc2)c(=O)n(C)c1=O)Cc1ccc(OC)c(F)c1. The Labute approximate surface area is 190 Å². The first-order chi connectivity index (χ1) is 15.8. The van der Waals surface area contributed by atoms with E-state index < -0.39 is 22.8 Å². The van der Waals surface area contributed by atoms with E-state index in [4.69, 9.17) is 10.5 Å². The van der Waals surface area contributed by atoms with E-state index in [0.29, 0.717) is 12.1 Å². The van der Waals surface area contributed by atoms with Crippen molar-refractivity contribution in [3.05, 3.63) is 91.9 Å². The second-order valence-electron chi connectivity index (χ2n) is 7.67. The molecule has 9 heteroatoms. The molecule has 0 aliphatic rings. The first kappa shape index (κ1) is 23.9. The van der Waals surface area contributed by atoms with Gasteiger partial charge in [0.1, 0.15) is 11.4 Å². The van der Waals surface area contributed by atoms with Crippen LogP contribution in [0.4, 0.5) is 10.2 Å². The number of likely N-dealkylation sites (N-methyl/N-ethyl adjacent to an activating group) is 1. The molecular formula is C24H27FN4O4. The van der Waals surface area contributed by atoms with Crippen LogP contribution in [0.1, 0.15) is 28.4 Å². The predicted octanol–water partition coefficient (Wildman–Crippen LogP) is 2.03. The number of rotatable bonds is 9. The van der Waals surface area contributed by atoms with Crippen molar-refractivity contribution in [3.8, 4) is 5.75 Å². The predicted molar refractivity (Wildman–Crippen MR) is 124 cm³/mol. The molecule has 33 heavy (non-hydrogen) atoms. The number of halogens is 1. The summed E-state index contributed by atoms with van der Waals surface area (Å²) in [5.41, 5.74) is 6.06. The number of hydrogen-bond donors (Lipinski definition) is 1. The molecule has 0 fully saturated rings. The van der Waals surface area contributed by atoms with Gasteiger partial charge >= 0.3 is 5.69 Å². The summed E-state index contributed by atoms with van der Waals surface area (Å²) in [5.74, 6) is -1.03. The molecule has 174 valence electrons. The van der Waals surface area contributed by atoms with Gasteiger partial charge in [-0.05, 0) is 29.8 Å². The van der Waals surface area contributed by atoms with E-state index in [9.17, 15) is 18.8 Å². The Kier molecular flexibility index (Phi) is 7.44. The maximum atomic E-state index is 14.0. The molecule has 2 aromatic carbocycles. The third kappa shape index (κ3) is 5.20. The zero-order chi connectivity index (χ0) is 24.1. The fraction of sp³-hybridized carbons (Fsp3) is 0.292. The Morgan fingerprint density at radius 2 is 1.82 bits per heavy atom. The van der Waals surface area contributed by atoms with Crippen LogP contribution in [-0.4, -0.2) is 40.0 Å². The van der Waals surface area contributed by atoms with Gasteiger partial charge in [0, 0.05) is 13.6 Å². The highest BCUT2D eigenvalue weighted by Crippen LogP contribution is 2.19. The van der Waals surface area contributed by atoms with Gasteiger partial charge in [0.05, 0.1) is 20.2 Å². The fourth-order valence-corrected chi connectivity index (χ4v) is 3.59. The first-order valence-electron chi connectivity index (χ1n) is 10.5. The minimum absolute atomic E-state index is 0.118. The molecule has 1 heterocycles. The second kappa shape index (κ2) is 10.3. The Bertz CT molecular complexity index is 1270. The summed E-state index contributed by atoms with van der Waals surface area (Å²) in [7, 11) is 2.71. The summed E-state index contributed by atoms with van der Waals surface area (Å²) in [6.45, 7) is 2.62. The lowest BCUT2D eigenvalue weighted by Gasteiger charge is -2.21. The Morgan fingerprint density at radius 3 is 2.42 bits per heavy atom. The highest BCUT2D eigenvalue weighted by Gasteiger charge is 2.23. The van der Waals surface area contributed by atoms with E-state index in [1.54, 1.807) is 11.0 Å². The number of hydrogen-bond acceptors (Lipinski definition) is 6. The van der Waals surface area contributed by atoms with Crippen molar-refractivity contribution in [2.75, 3.05) is 25.9 Å². The van der Waals surface area contributed by atoms with E-state index in [-0.39, 0.29) is 36.8 Å². The van der Waals surface area contributed by atoms with Gasteiger partial charge in [0.15, 0.2) is 17.3 Å². The average molecular weight is 455 g/mol. The molecule has 8 nitrogen and oxygen atoms in total. The molecule has 2 N–H and O–H groups in total. The molecule has 0 saturated carbocycles. The summed E-state index contributed by atoms with van der Waals surface area (Å²) >= 11 is 0. The van der Waals surface area contributed by atoms with Crippen LogP contribution in [0.5, 0.6) is 5.75 Å². The fourth-order valence-electron chi connectivity index (χ4n) is 3.59. The molecule has 0 saturated heterocycles. The second-order valence-corrected chi connectivity index (χ2v) is 7.67. The number of nitrogen functional groups attached to an aromatic ring is 1. The van der Waals surface area contributed by atoms with Gasteiger partial charge < -0.3 is 10.5 Å². The zero-order valence-electron chi connectivity index (χ0n) is 18.9. The normalized spacial score (nSPS) is 11.1. The Morgan fingerprint density at radius 1 is 1.12 bits per heavy atom. The number of carbonyl (C=O) groups excluding carboxylic acids is 1. The number of anilines is 1. The number of carbonyl (C=O) groups is 1. The van der Waals surface area contributed by atoms with Gasteiger partial charge in [-0.15, -0.1) is 0 Å². The summed E-state index contributed by atoms with van der Waals surface area (Å²) < 4.78 is 21.1. The van der Waals surface area contributed by atoms with Gasteiger partial charge in [-0.1, -0.05) is 43.3 Å². The lowest BCUT2D eigenvalue weighted by atomic mass is 10.1. The van der Waals surface area contributed by atoms with Crippen LogP contribution in [0.2, 0.25) is 0 Å². The minimum Gasteiger partial charge on any atom is -0.494 e. The number of benzene rings is 2. The monoisotopic (exact) mass is 454 g/mol. The van der Waals surface area contributed by atoms with Crippen LogP contribution in [0.15, 0.2) is 58.1 Å². The molecule has 1 aromatic heterocycles. The number of Topliss-reactive ketones (excluding diaryl/α,β-unsaturated/α-hetero) is 1. The van der Waals surface area contributed by atoms with Crippen molar-refractivity contribution >= 4 is 11.6 Å². The molecule has 0 amide bonds. The first-order valence-corrected chi connectivity index (χ1v) is 10.5. The van der Waals surface area contributed by atoms with Gasteiger partial charge in [-0.2, -0.15) is 0 Å². The average Bonchev–Trinajstić information content (AvgIpc) is 2.81. The minimum atomic E-state index is -0.738. The number of ether oxygens (including phenoxy) is 1. The maximum Gasteiger partial charge on any atom is 0.332 e. The number of nitrogens with zero attached hydrogens (tertiary/aromatic N) is 3. The third-order valence-corrected chi connectivity index (χ3v) is 5.48. The van der Waals surface area contributed by atoms with Crippen LogP contribution in [0.3, 0.4) is 0 Å². The zero-order valence-corrected chi connectivity index (χ0v) is 18.9. The largest absolute Gasteiger partial charge is 0.494 e. The quantitative estimate of drug-likeness (QED) is 0.497. The summed E-state index contributed by atoms with van der Waals surface area (Å²) in [5, 5.41) is 0. The number of aromatic nitrogens is 2. The van der Waals surface area contributed by atoms with Crippen molar-refractivity contribution in [3.63, 3.8) is 0 Å². The van der Waals surface area contributed by atoms with E-state index in [1.807, 2.05) is 37.3 Å². The molecule has 3 aromatic rings. The molecule has 3 rings (SSSR count). The molecule has 0 atom stereocenters. The topological polar surface area (TPSA) is 99.6 Å². The van der Waals surface area contributed by atoms with Crippen LogP contribution >= 0.6 is 0 Å². The Balaban J connectivity index is 1.90. The third-order valence-electron chi connectivity index (χ3n) is 5.48. The number of methoxy groups -OCH3 is 1. The molecule has 0 radical (unpaired) electrons. The number of ketones is 1. The van der Waals surface area contributed by atoms with Crippen LogP contribution in [-0.2, 0) is 20.1 Å². The van der Waals surface area contributed by atoms with Crippen LogP contribution in [0.25, 0.3) is 0 Å². The van der Waals surface area contributed by atoms with Crippen LogP contribution in [0, 0.1) is 5.82 Å². The van der Waals surface area contributed by atoms with Crippen molar-refractivity contribution < 1.29 is 13.9 Å². The maximum absolute atomic E-state index is 14.0. The van der Waals surface area contributed by atoms with Crippen molar-refractivity contribution in [2.45, 2.75) is 20.0 Å². The smallest absolute Gasteiger partial charge is 0.332 e. The standard InChI is InChI=1S/C24H27FN4O4/c1-4-28(13-17-10-11-20(33-3)18(25)12-17)15-19(30)21-22(26)29(24(32)27(2)23(21)31)14-16-8-6-5-7-9-16/h5-12H,4,13-15,26H2,1-3H3. The summed E-state index contributed by atoms with van der Waals surface area (Å²) in [4.78, 5) is 40.3. The van der Waals surface area contributed by atoms with E-state index >= 15 is 0 Å². The molecule has 0 aliphatic carbocycles. The molecule has 0 spiro atoms.